The Kier molecular flexibility index (Phi) is 5.40. The zero-order valence-corrected chi connectivity index (χ0v) is 20.3. The van der Waals surface area contributed by atoms with Gasteiger partial charge in [0, 0.05) is 0 Å². The molecule has 0 N–H and O–H groups in total. The first-order valence-electron chi connectivity index (χ1n) is 11.4. The van der Waals surface area contributed by atoms with Crippen molar-refractivity contribution in [1.82, 2.24) is 0 Å². The van der Waals surface area contributed by atoms with Crippen LogP contribution in [0.25, 0.3) is 18.2 Å². The molecule has 0 heterocycles. The molecule has 0 saturated heterocycles. The highest BCUT2D eigenvalue weighted by Crippen LogP contribution is 2.42. The zero-order chi connectivity index (χ0) is 22.3. The van der Waals surface area contributed by atoms with Crippen LogP contribution in [-0.2, 0) is 9.16 Å². The van der Waals surface area contributed by atoms with E-state index >= 15 is 0 Å². The van der Waals surface area contributed by atoms with Gasteiger partial charge in [0.05, 0.1) is 12.5 Å². The van der Waals surface area contributed by atoms with Gasteiger partial charge in [-0.25, -0.2) is 0 Å². The Morgan fingerprint density at radius 2 is 1.62 bits per heavy atom. The third-order valence-corrected chi connectivity index (χ3v) is 7.32. The van der Waals surface area contributed by atoms with Crippen LogP contribution in [0.15, 0.2) is 66.4 Å². The molecule has 0 aliphatic heterocycles. The first-order valence-corrected chi connectivity index (χ1v) is 14.8. The van der Waals surface area contributed by atoms with Crippen molar-refractivity contribution >= 4 is 26.5 Å². The lowest BCUT2D eigenvalue weighted by Gasteiger charge is -2.22. The molecule has 3 aromatic rings. The number of rotatable bonds is 6. The number of hydrogen-bond donors (Lipinski definition) is 0. The van der Waals surface area contributed by atoms with E-state index in [1.807, 2.05) is 0 Å². The maximum atomic E-state index is 6.41. The van der Waals surface area contributed by atoms with Crippen molar-refractivity contribution in [1.29, 1.82) is 0 Å². The minimum absolute atomic E-state index is 0.0878. The molecule has 0 aromatic heterocycles. The van der Waals surface area contributed by atoms with Gasteiger partial charge in [0.15, 0.2) is 8.32 Å². The van der Waals surface area contributed by atoms with Crippen molar-refractivity contribution in [2.24, 2.45) is 0 Å². The predicted molar refractivity (Wildman–Crippen MR) is 135 cm³/mol. The fourth-order valence-electron chi connectivity index (χ4n) is 4.87. The molecule has 2 nitrogen and oxygen atoms in total. The highest BCUT2D eigenvalue weighted by atomic mass is 28.4. The van der Waals surface area contributed by atoms with E-state index in [0.717, 1.165) is 5.76 Å². The second-order valence-electron chi connectivity index (χ2n) is 9.47. The van der Waals surface area contributed by atoms with E-state index in [-0.39, 0.29) is 5.92 Å². The van der Waals surface area contributed by atoms with Crippen molar-refractivity contribution in [3.63, 3.8) is 0 Å². The van der Waals surface area contributed by atoms with Gasteiger partial charge in [-0.15, -0.1) is 0 Å². The molecule has 3 aromatic carbocycles. The third kappa shape index (κ3) is 3.76. The molecule has 2 aliphatic rings. The van der Waals surface area contributed by atoms with Crippen LogP contribution in [0.1, 0.15) is 35.1 Å². The molecule has 5 rings (SSSR count). The lowest BCUT2D eigenvalue weighted by atomic mass is 9.86. The number of fused-ring (bicyclic) bond motifs is 3. The first-order chi connectivity index (χ1) is 15.5. The van der Waals surface area contributed by atoms with Crippen LogP contribution in [0.2, 0.25) is 19.6 Å². The predicted octanol–water partition coefficient (Wildman–Crippen LogP) is 5.27. The summed E-state index contributed by atoms with van der Waals surface area (Å²) < 4.78 is 12.5. The maximum Gasteiger partial charge on any atom is 0.183 e. The van der Waals surface area contributed by atoms with Gasteiger partial charge in [0.2, 0.25) is 0 Å². The summed E-state index contributed by atoms with van der Waals surface area (Å²) in [5, 5.41) is 5.18. The van der Waals surface area contributed by atoms with Gasteiger partial charge in [-0.2, -0.15) is 0 Å². The van der Waals surface area contributed by atoms with Gasteiger partial charge in [-0.05, 0) is 81.8 Å². The average Bonchev–Trinajstić information content (AvgIpc) is 3.33. The third-order valence-electron chi connectivity index (χ3n) is 6.25. The van der Waals surface area contributed by atoms with Crippen LogP contribution in [0.5, 0.6) is 0 Å². The smallest absolute Gasteiger partial charge is 0.183 e. The Balaban J connectivity index is 1.63. The summed E-state index contributed by atoms with van der Waals surface area (Å²) in [5.41, 5.74) is 5.21. The van der Waals surface area contributed by atoms with E-state index < -0.39 is 8.32 Å². The maximum absolute atomic E-state index is 6.41. The highest BCUT2D eigenvalue weighted by Gasteiger charge is 2.31. The van der Waals surface area contributed by atoms with Gasteiger partial charge in [0.1, 0.15) is 12.4 Å². The van der Waals surface area contributed by atoms with Gasteiger partial charge in [0.25, 0.3) is 0 Å². The number of allylic oxidation sites excluding steroid dienone is 1. The summed E-state index contributed by atoms with van der Waals surface area (Å²) in [6.07, 6.45) is 6.79. The molecule has 162 valence electrons. The molecule has 0 bridgehead atoms. The topological polar surface area (TPSA) is 18.5 Å². The lowest BCUT2D eigenvalue weighted by Crippen LogP contribution is -2.27. The Hall–Kier alpha value is -2.88. The normalized spacial score (nSPS) is 16.8. The van der Waals surface area contributed by atoms with Crippen molar-refractivity contribution < 1.29 is 9.16 Å². The molecule has 2 aliphatic carbocycles. The monoisotopic (exact) mass is 438 g/mol. The van der Waals surface area contributed by atoms with E-state index in [4.69, 9.17) is 9.16 Å². The largest absolute Gasteiger partial charge is 0.495 e. The van der Waals surface area contributed by atoms with Crippen molar-refractivity contribution in [3.05, 3.63) is 110 Å². The quantitative estimate of drug-likeness (QED) is 0.302. The van der Waals surface area contributed by atoms with Crippen LogP contribution in [0, 0.1) is 10.4 Å². The van der Waals surface area contributed by atoms with E-state index in [1.165, 1.54) is 43.1 Å². The molecule has 0 radical (unpaired) electrons. The fraction of sp³-hybridized carbons (Fsp3) is 0.241. The SMILES string of the molecule is CC=c1ccc2c(c1C1C(OCCO[Si](C)(C)C)=Cc3ccccc31)C=c1ccccc1=2. The van der Waals surface area contributed by atoms with E-state index in [0.29, 0.717) is 13.2 Å². The second kappa shape index (κ2) is 8.23. The van der Waals surface area contributed by atoms with Crippen molar-refractivity contribution in [2.75, 3.05) is 13.2 Å². The molecule has 0 amide bonds. The lowest BCUT2D eigenvalue weighted by molar-refractivity contribution is 0.148. The van der Waals surface area contributed by atoms with Crippen LogP contribution in [-0.4, -0.2) is 21.5 Å². The number of hydrogen-bond acceptors (Lipinski definition) is 2. The molecule has 3 heteroatoms. The van der Waals surface area contributed by atoms with E-state index in [1.54, 1.807) is 0 Å². The van der Waals surface area contributed by atoms with Crippen LogP contribution in [0.4, 0.5) is 0 Å². The minimum atomic E-state index is -1.55. The molecular formula is C29H30O2Si. The summed E-state index contributed by atoms with van der Waals surface area (Å²) in [4.78, 5) is 0. The first kappa shape index (κ1) is 21.0. The summed E-state index contributed by atoms with van der Waals surface area (Å²) >= 11 is 0. The van der Waals surface area contributed by atoms with Gasteiger partial charge >= 0.3 is 0 Å². The Morgan fingerprint density at radius 1 is 0.844 bits per heavy atom. The molecule has 0 fully saturated rings. The van der Waals surface area contributed by atoms with Gasteiger partial charge in [-0.3, -0.25) is 0 Å². The second-order valence-corrected chi connectivity index (χ2v) is 14.0. The van der Waals surface area contributed by atoms with Crippen molar-refractivity contribution in [2.45, 2.75) is 32.5 Å². The van der Waals surface area contributed by atoms with Crippen LogP contribution >= 0.6 is 0 Å². The van der Waals surface area contributed by atoms with E-state index in [9.17, 15) is 0 Å². The standard InChI is InChI=1S/C29H30O2Si/c1-5-20-14-15-25-23-12-8-6-10-21(23)18-26(25)28(20)29-24-13-9-7-11-22(24)19-27(29)30-16-17-31-32(2,3)4/h5-15,18-19,29H,16-17H2,1-4H3. The summed E-state index contributed by atoms with van der Waals surface area (Å²) in [5.74, 6) is 1.11. The molecule has 1 atom stereocenters. The van der Waals surface area contributed by atoms with Crippen LogP contribution in [0.3, 0.4) is 0 Å². The molecule has 32 heavy (non-hydrogen) atoms. The van der Waals surface area contributed by atoms with Gasteiger partial charge in [-0.1, -0.05) is 66.7 Å². The molecule has 0 spiro atoms. The van der Waals surface area contributed by atoms with E-state index in [2.05, 4.69) is 105 Å². The highest BCUT2D eigenvalue weighted by molar-refractivity contribution is 6.69. The zero-order valence-electron chi connectivity index (χ0n) is 19.3. The molecule has 0 saturated carbocycles. The summed E-state index contributed by atoms with van der Waals surface area (Å²) in [6.45, 7) is 9.97. The average molecular weight is 439 g/mol. The fourth-order valence-corrected chi connectivity index (χ4v) is 5.56. The van der Waals surface area contributed by atoms with Gasteiger partial charge < -0.3 is 9.16 Å². The Labute approximate surface area is 191 Å². The molecule has 1 unspecified atom stereocenters. The number of benzene rings is 3. The minimum Gasteiger partial charge on any atom is -0.495 e. The summed E-state index contributed by atoms with van der Waals surface area (Å²) in [6, 6.07) is 21.9. The Bertz CT molecular complexity index is 1430. The molecular weight excluding hydrogens is 408 g/mol. The Morgan fingerprint density at radius 3 is 2.44 bits per heavy atom. The summed E-state index contributed by atoms with van der Waals surface area (Å²) in [7, 11) is -1.55. The van der Waals surface area contributed by atoms with Crippen LogP contribution < -0.4 is 10.4 Å². The van der Waals surface area contributed by atoms with Crippen molar-refractivity contribution in [3.8, 4) is 0 Å². The number of ether oxygens (including phenoxy) is 1.